The van der Waals surface area contributed by atoms with E-state index in [-0.39, 0.29) is 11.5 Å². The smallest absolute Gasteiger partial charge is 0.163 e. The summed E-state index contributed by atoms with van der Waals surface area (Å²) in [6.45, 7) is 3.79. The van der Waals surface area contributed by atoms with Gasteiger partial charge in [0.05, 0.1) is 17.2 Å². The highest BCUT2D eigenvalue weighted by atomic mass is 16.5. The Morgan fingerprint density at radius 2 is 1.96 bits per heavy atom. The zero-order valence-electron chi connectivity index (χ0n) is 14.5. The van der Waals surface area contributed by atoms with Gasteiger partial charge >= 0.3 is 0 Å². The Bertz CT molecular complexity index is 814. The van der Waals surface area contributed by atoms with Gasteiger partial charge < -0.3 is 9.84 Å². The fourth-order valence-electron chi connectivity index (χ4n) is 2.52. The van der Waals surface area contributed by atoms with Crippen LogP contribution in [0.4, 0.5) is 0 Å². The van der Waals surface area contributed by atoms with Crippen molar-refractivity contribution >= 4 is 11.9 Å². The number of phenolic OH excluding ortho intramolecular Hbond substituents is 1. The summed E-state index contributed by atoms with van der Waals surface area (Å²) in [7, 11) is 0. The minimum atomic E-state index is -0.165. The van der Waals surface area contributed by atoms with Crippen molar-refractivity contribution < 1.29 is 14.6 Å². The molecule has 0 saturated heterocycles. The van der Waals surface area contributed by atoms with Crippen molar-refractivity contribution in [3.05, 3.63) is 64.7 Å². The highest BCUT2D eigenvalue weighted by Crippen LogP contribution is 2.33. The fourth-order valence-corrected chi connectivity index (χ4v) is 2.52. The predicted octanol–water partition coefficient (Wildman–Crippen LogP) is 4.51. The van der Waals surface area contributed by atoms with Crippen LogP contribution >= 0.6 is 0 Å². The Balaban J connectivity index is 2.09. The number of phenols is 1. The molecule has 0 heterocycles. The molecule has 2 rings (SSSR count). The van der Waals surface area contributed by atoms with Gasteiger partial charge in [-0.15, -0.1) is 0 Å². The van der Waals surface area contributed by atoms with Crippen LogP contribution in [-0.2, 0) is 6.42 Å². The molecule has 2 aromatic rings. The largest absolute Gasteiger partial charge is 0.507 e. The van der Waals surface area contributed by atoms with E-state index in [2.05, 4.69) is 6.07 Å². The molecule has 0 unspecified atom stereocenters. The molecule has 0 aliphatic carbocycles. The molecule has 0 spiro atoms. The van der Waals surface area contributed by atoms with Crippen LogP contribution in [0.2, 0.25) is 0 Å². The number of carbonyl (C=O) groups excluding carboxylic acids is 1. The van der Waals surface area contributed by atoms with Crippen molar-refractivity contribution in [2.45, 2.75) is 26.7 Å². The number of nitriles is 1. The van der Waals surface area contributed by atoms with Crippen molar-refractivity contribution in [2.75, 3.05) is 6.61 Å². The van der Waals surface area contributed by atoms with Crippen molar-refractivity contribution in [1.29, 1.82) is 5.26 Å². The first-order chi connectivity index (χ1) is 12.1. The first kappa shape index (κ1) is 18.3. The minimum Gasteiger partial charge on any atom is -0.507 e. The van der Waals surface area contributed by atoms with Crippen LogP contribution in [0.15, 0.2) is 42.5 Å². The summed E-state index contributed by atoms with van der Waals surface area (Å²) in [6.07, 6.45) is 5.26. The molecule has 0 radical (unpaired) electrons. The molecule has 0 bridgehead atoms. The van der Waals surface area contributed by atoms with Crippen LogP contribution in [0, 0.1) is 11.3 Å². The van der Waals surface area contributed by atoms with E-state index in [9.17, 15) is 9.90 Å². The second kappa shape index (κ2) is 8.70. The van der Waals surface area contributed by atoms with Crippen molar-refractivity contribution in [2.24, 2.45) is 0 Å². The van der Waals surface area contributed by atoms with Crippen molar-refractivity contribution in [1.82, 2.24) is 0 Å². The maximum atomic E-state index is 11.6. The van der Waals surface area contributed by atoms with Gasteiger partial charge in [-0.1, -0.05) is 31.6 Å². The van der Waals surface area contributed by atoms with E-state index in [1.165, 1.54) is 6.92 Å². The summed E-state index contributed by atoms with van der Waals surface area (Å²) in [4.78, 5) is 11.6. The summed E-state index contributed by atoms with van der Waals surface area (Å²) >= 11 is 0. The lowest BCUT2D eigenvalue weighted by Crippen LogP contribution is -2.02. The fraction of sp³-hybridized carbons (Fsp3) is 0.238. The highest BCUT2D eigenvalue weighted by Gasteiger charge is 2.15. The second-order valence-electron chi connectivity index (χ2n) is 5.69. The number of aromatic hydroxyl groups is 1. The molecule has 0 aliphatic rings. The van der Waals surface area contributed by atoms with E-state index in [4.69, 9.17) is 10.00 Å². The Morgan fingerprint density at radius 1 is 1.24 bits per heavy atom. The number of hydrogen-bond acceptors (Lipinski definition) is 4. The molecule has 0 aromatic heterocycles. The summed E-state index contributed by atoms with van der Waals surface area (Å²) < 4.78 is 5.76. The number of benzene rings is 2. The standard InChI is InChI=1S/C21H21NO3/c1-3-5-19-20(12-11-18(15(2)23)21(19)24)25-13-4-6-16-7-9-17(14-22)10-8-16/h4,6-12,24H,3,5,13H2,1-2H3/b6-4+. The van der Waals surface area contributed by atoms with E-state index < -0.39 is 0 Å². The third kappa shape index (κ3) is 4.71. The third-order valence-electron chi connectivity index (χ3n) is 3.80. The zero-order chi connectivity index (χ0) is 18.2. The summed E-state index contributed by atoms with van der Waals surface area (Å²) in [5, 5.41) is 19.1. The maximum Gasteiger partial charge on any atom is 0.163 e. The van der Waals surface area contributed by atoms with Crippen LogP contribution in [0.3, 0.4) is 0 Å². The SMILES string of the molecule is CCCc1c(OC/C=C/c2ccc(C#N)cc2)ccc(C(C)=O)c1O. The van der Waals surface area contributed by atoms with E-state index in [0.717, 1.165) is 12.0 Å². The molecule has 25 heavy (non-hydrogen) atoms. The average Bonchev–Trinajstić information content (AvgIpc) is 2.61. The second-order valence-corrected chi connectivity index (χ2v) is 5.69. The van der Waals surface area contributed by atoms with E-state index in [1.54, 1.807) is 24.3 Å². The van der Waals surface area contributed by atoms with Gasteiger partial charge in [-0.05, 0) is 49.2 Å². The van der Waals surface area contributed by atoms with Gasteiger partial charge in [0, 0.05) is 5.56 Å². The van der Waals surface area contributed by atoms with E-state index in [1.807, 2.05) is 31.2 Å². The summed E-state index contributed by atoms with van der Waals surface area (Å²) in [5.41, 5.74) is 2.59. The first-order valence-corrected chi connectivity index (χ1v) is 8.22. The Morgan fingerprint density at radius 3 is 2.56 bits per heavy atom. The molecule has 0 atom stereocenters. The van der Waals surface area contributed by atoms with Crippen LogP contribution in [0.1, 0.15) is 47.3 Å². The molecule has 128 valence electrons. The van der Waals surface area contributed by atoms with Crippen LogP contribution in [-0.4, -0.2) is 17.5 Å². The van der Waals surface area contributed by atoms with E-state index in [0.29, 0.717) is 35.5 Å². The van der Waals surface area contributed by atoms with Crippen LogP contribution < -0.4 is 4.74 Å². The van der Waals surface area contributed by atoms with Gasteiger partial charge in [-0.2, -0.15) is 5.26 Å². The number of ketones is 1. The molecule has 0 fully saturated rings. The topological polar surface area (TPSA) is 70.3 Å². The molecule has 0 saturated carbocycles. The first-order valence-electron chi connectivity index (χ1n) is 8.22. The van der Waals surface area contributed by atoms with E-state index >= 15 is 0 Å². The van der Waals surface area contributed by atoms with Crippen molar-refractivity contribution in [3.8, 4) is 17.6 Å². The van der Waals surface area contributed by atoms with Gasteiger partial charge in [0.2, 0.25) is 0 Å². The maximum absolute atomic E-state index is 11.6. The molecule has 1 N–H and O–H groups in total. The normalized spacial score (nSPS) is 10.6. The summed E-state index contributed by atoms with van der Waals surface area (Å²) in [6, 6.07) is 12.7. The van der Waals surface area contributed by atoms with Gasteiger partial charge in [0.25, 0.3) is 0 Å². The Labute approximate surface area is 148 Å². The molecular weight excluding hydrogens is 314 g/mol. The quantitative estimate of drug-likeness (QED) is 0.756. The zero-order valence-corrected chi connectivity index (χ0v) is 14.5. The Kier molecular flexibility index (Phi) is 6.36. The number of rotatable bonds is 7. The number of nitrogens with zero attached hydrogens (tertiary/aromatic N) is 1. The average molecular weight is 335 g/mol. The number of carbonyl (C=O) groups is 1. The lowest BCUT2D eigenvalue weighted by atomic mass is 10.0. The highest BCUT2D eigenvalue weighted by molar-refractivity contribution is 5.97. The molecule has 0 aliphatic heterocycles. The number of Topliss-reactive ketones (excluding diaryl/α,β-unsaturated/α-hetero) is 1. The van der Waals surface area contributed by atoms with Crippen molar-refractivity contribution in [3.63, 3.8) is 0 Å². The minimum absolute atomic E-state index is 0.0166. The van der Waals surface area contributed by atoms with Gasteiger partial charge in [-0.3, -0.25) is 4.79 Å². The molecule has 2 aromatic carbocycles. The van der Waals surface area contributed by atoms with Crippen LogP contribution in [0.25, 0.3) is 6.08 Å². The van der Waals surface area contributed by atoms with Gasteiger partial charge in [-0.25, -0.2) is 0 Å². The molecular formula is C21H21NO3. The predicted molar refractivity (Wildman–Crippen MR) is 97.8 cm³/mol. The Hall–Kier alpha value is -3.06. The van der Waals surface area contributed by atoms with Crippen LogP contribution in [0.5, 0.6) is 11.5 Å². The summed E-state index contributed by atoms with van der Waals surface area (Å²) in [5.74, 6) is 0.443. The molecule has 4 heteroatoms. The number of ether oxygens (including phenoxy) is 1. The third-order valence-corrected chi connectivity index (χ3v) is 3.80. The van der Waals surface area contributed by atoms with Gasteiger partial charge in [0.1, 0.15) is 18.1 Å². The lowest BCUT2D eigenvalue weighted by Gasteiger charge is -2.13. The molecule has 4 nitrogen and oxygen atoms in total. The lowest BCUT2D eigenvalue weighted by molar-refractivity contribution is 0.101. The van der Waals surface area contributed by atoms with Gasteiger partial charge in [0.15, 0.2) is 5.78 Å². The molecule has 0 amide bonds. The number of hydrogen-bond donors (Lipinski definition) is 1. The monoisotopic (exact) mass is 335 g/mol.